The van der Waals surface area contributed by atoms with Gasteiger partial charge in [0.25, 0.3) is 0 Å². The van der Waals surface area contributed by atoms with Gasteiger partial charge in [0.2, 0.25) is 0 Å². The van der Waals surface area contributed by atoms with Gasteiger partial charge in [0.1, 0.15) is 0 Å². The number of hydrogen-bond acceptors (Lipinski definition) is 2. The SMILES string of the molecule is S=C(S)c1cncc2ccccc12. The lowest BCUT2D eigenvalue weighted by Gasteiger charge is -2.02. The maximum absolute atomic E-state index is 5.01. The van der Waals surface area contributed by atoms with Gasteiger partial charge in [-0.2, -0.15) is 0 Å². The second-order valence-corrected chi connectivity index (χ2v) is 3.87. The summed E-state index contributed by atoms with van der Waals surface area (Å²) in [5, 5.41) is 2.20. The van der Waals surface area contributed by atoms with Crippen molar-refractivity contribution in [2.75, 3.05) is 0 Å². The van der Waals surface area contributed by atoms with Crippen molar-refractivity contribution in [2.24, 2.45) is 0 Å². The molecule has 2 rings (SSSR count). The van der Waals surface area contributed by atoms with Crippen LogP contribution in [-0.2, 0) is 0 Å². The van der Waals surface area contributed by atoms with Gasteiger partial charge < -0.3 is 0 Å². The average molecular weight is 205 g/mol. The molecule has 64 valence electrons. The number of hydrogen-bond donors (Lipinski definition) is 1. The Hall–Kier alpha value is -0.930. The standard InChI is InChI=1S/C10H7NS2/c12-10(13)9-6-11-5-7-3-1-2-4-8(7)9/h1-6H,(H,12,13). The Morgan fingerprint density at radius 1 is 1.23 bits per heavy atom. The largest absolute Gasteiger partial charge is 0.263 e. The molecule has 0 aliphatic rings. The van der Waals surface area contributed by atoms with E-state index in [1.807, 2.05) is 30.5 Å². The van der Waals surface area contributed by atoms with Crippen LogP contribution in [0, 0.1) is 0 Å². The number of thiol groups is 1. The minimum Gasteiger partial charge on any atom is -0.263 e. The predicted octanol–water partition coefficient (Wildman–Crippen LogP) is 2.84. The molecule has 0 aliphatic heterocycles. The lowest BCUT2D eigenvalue weighted by molar-refractivity contribution is 1.36. The van der Waals surface area contributed by atoms with Gasteiger partial charge in [-0.05, 0) is 5.39 Å². The molecule has 0 spiro atoms. The first-order valence-corrected chi connectivity index (χ1v) is 4.70. The normalized spacial score (nSPS) is 10.2. The highest BCUT2D eigenvalue weighted by Gasteiger charge is 2.01. The molecule has 1 aromatic heterocycles. The maximum Gasteiger partial charge on any atom is 0.0769 e. The first kappa shape index (κ1) is 8.66. The lowest BCUT2D eigenvalue weighted by Crippen LogP contribution is -1.90. The molecule has 1 heterocycles. The third-order valence-corrected chi connectivity index (χ3v) is 2.36. The van der Waals surface area contributed by atoms with Crippen LogP contribution in [0.3, 0.4) is 0 Å². The Balaban J connectivity index is 2.83. The quantitative estimate of drug-likeness (QED) is 0.568. The summed E-state index contributed by atoms with van der Waals surface area (Å²) in [5.41, 5.74) is 0.927. The van der Waals surface area contributed by atoms with Crippen LogP contribution >= 0.6 is 24.8 Å². The first-order chi connectivity index (χ1) is 6.29. The van der Waals surface area contributed by atoms with Crippen molar-refractivity contribution in [3.05, 3.63) is 42.2 Å². The van der Waals surface area contributed by atoms with E-state index in [2.05, 4.69) is 17.6 Å². The van der Waals surface area contributed by atoms with Gasteiger partial charge in [-0.3, -0.25) is 4.98 Å². The molecule has 0 atom stereocenters. The van der Waals surface area contributed by atoms with Crippen molar-refractivity contribution >= 4 is 39.8 Å². The van der Waals surface area contributed by atoms with Crippen molar-refractivity contribution in [3.8, 4) is 0 Å². The molecule has 1 aromatic carbocycles. The summed E-state index contributed by atoms with van der Waals surface area (Å²) < 4.78 is 0.587. The van der Waals surface area contributed by atoms with Crippen molar-refractivity contribution in [1.29, 1.82) is 0 Å². The van der Waals surface area contributed by atoms with E-state index in [-0.39, 0.29) is 0 Å². The topological polar surface area (TPSA) is 12.9 Å². The zero-order chi connectivity index (χ0) is 9.26. The molecule has 2 aromatic rings. The zero-order valence-electron chi connectivity index (χ0n) is 6.77. The van der Waals surface area contributed by atoms with Crippen molar-refractivity contribution < 1.29 is 0 Å². The highest BCUT2D eigenvalue weighted by Crippen LogP contribution is 2.18. The van der Waals surface area contributed by atoms with Gasteiger partial charge >= 0.3 is 0 Å². The summed E-state index contributed by atoms with van der Waals surface area (Å²) in [6.07, 6.45) is 3.57. The summed E-state index contributed by atoms with van der Waals surface area (Å²) in [4.78, 5) is 4.10. The Labute approximate surface area is 87.2 Å². The summed E-state index contributed by atoms with van der Waals surface area (Å²) in [7, 11) is 0. The first-order valence-electron chi connectivity index (χ1n) is 3.85. The highest BCUT2D eigenvalue weighted by molar-refractivity contribution is 8.11. The van der Waals surface area contributed by atoms with Gasteiger partial charge in [-0.25, -0.2) is 0 Å². The van der Waals surface area contributed by atoms with E-state index in [1.54, 1.807) is 6.20 Å². The van der Waals surface area contributed by atoms with E-state index in [9.17, 15) is 0 Å². The number of aromatic nitrogens is 1. The molecule has 1 nitrogen and oxygen atoms in total. The molecule has 0 saturated heterocycles. The van der Waals surface area contributed by atoms with Gasteiger partial charge in [0, 0.05) is 23.3 Å². The Morgan fingerprint density at radius 3 is 2.77 bits per heavy atom. The predicted molar refractivity (Wildman–Crippen MR) is 62.4 cm³/mol. The highest BCUT2D eigenvalue weighted by atomic mass is 32.1. The van der Waals surface area contributed by atoms with Crippen LogP contribution < -0.4 is 0 Å². The molecule has 0 bridgehead atoms. The lowest BCUT2D eigenvalue weighted by atomic mass is 10.1. The number of thiocarbonyl (C=S) groups is 1. The van der Waals surface area contributed by atoms with Crippen molar-refractivity contribution in [2.45, 2.75) is 0 Å². The van der Waals surface area contributed by atoms with Gasteiger partial charge in [0.05, 0.1) is 4.20 Å². The van der Waals surface area contributed by atoms with E-state index in [4.69, 9.17) is 12.2 Å². The Morgan fingerprint density at radius 2 is 2.00 bits per heavy atom. The molecule has 3 heteroatoms. The van der Waals surface area contributed by atoms with Gasteiger partial charge in [-0.15, -0.1) is 12.6 Å². The number of fused-ring (bicyclic) bond motifs is 1. The molecule has 0 aliphatic carbocycles. The molecule has 0 radical (unpaired) electrons. The molecule has 0 amide bonds. The van der Waals surface area contributed by atoms with E-state index in [0.717, 1.165) is 16.3 Å². The minimum absolute atomic E-state index is 0.587. The number of rotatable bonds is 1. The third-order valence-electron chi connectivity index (χ3n) is 1.90. The second-order valence-electron chi connectivity index (χ2n) is 2.71. The van der Waals surface area contributed by atoms with Crippen LogP contribution in [0.25, 0.3) is 10.8 Å². The van der Waals surface area contributed by atoms with Crippen LogP contribution in [0.2, 0.25) is 0 Å². The average Bonchev–Trinajstić information content (AvgIpc) is 2.17. The van der Waals surface area contributed by atoms with Gasteiger partial charge in [-0.1, -0.05) is 36.5 Å². The molecule has 0 unspecified atom stereocenters. The minimum atomic E-state index is 0.587. The van der Waals surface area contributed by atoms with Crippen molar-refractivity contribution in [1.82, 2.24) is 4.98 Å². The summed E-state index contributed by atoms with van der Waals surface area (Å²) >= 11 is 9.17. The number of nitrogens with zero attached hydrogens (tertiary/aromatic N) is 1. The van der Waals surface area contributed by atoms with Crippen LogP contribution in [0.5, 0.6) is 0 Å². The second kappa shape index (κ2) is 3.44. The monoisotopic (exact) mass is 205 g/mol. The smallest absolute Gasteiger partial charge is 0.0769 e. The molecular formula is C10H7NS2. The van der Waals surface area contributed by atoms with Crippen molar-refractivity contribution in [3.63, 3.8) is 0 Å². The molecule has 0 saturated carbocycles. The molecular weight excluding hydrogens is 198 g/mol. The number of benzene rings is 1. The fourth-order valence-corrected chi connectivity index (χ4v) is 1.63. The number of pyridine rings is 1. The molecule has 0 N–H and O–H groups in total. The Bertz CT molecular complexity index is 460. The van der Waals surface area contributed by atoms with Crippen LogP contribution in [0.15, 0.2) is 36.7 Å². The maximum atomic E-state index is 5.01. The van der Waals surface area contributed by atoms with E-state index < -0.39 is 0 Å². The fourth-order valence-electron chi connectivity index (χ4n) is 1.29. The van der Waals surface area contributed by atoms with E-state index in [1.165, 1.54) is 0 Å². The summed E-state index contributed by atoms with van der Waals surface area (Å²) in [5.74, 6) is 0. The van der Waals surface area contributed by atoms with Crippen LogP contribution in [0.1, 0.15) is 5.56 Å². The summed E-state index contributed by atoms with van der Waals surface area (Å²) in [6, 6.07) is 8.00. The molecule has 0 fully saturated rings. The summed E-state index contributed by atoms with van der Waals surface area (Å²) in [6.45, 7) is 0. The molecule has 13 heavy (non-hydrogen) atoms. The van der Waals surface area contributed by atoms with E-state index >= 15 is 0 Å². The van der Waals surface area contributed by atoms with Crippen LogP contribution in [0.4, 0.5) is 0 Å². The van der Waals surface area contributed by atoms with E-state index in [0.29, 0.717) is 4.20 Å². The van der Waals surface area contributed by atoms with Crippen LogP contribution in [-0.4, -0.2) is 9.18 Å². The Kier molecular flexibility index (Phi) is 2.29. The third kappa shape index (κ3) is 1.57. The zero-order valence-corrected chi connectivity index (χ0v) is 8.48. The fraction of sp³-hybridized carbons (Fsp3) is 0. The van der Waals surface area contributed by atoms with Gasteiger partial charge in [0.15, 0.2) is 0 Å².